The highest BCUT2D eigenvalue weighted by Crippen LogP contribution is 2.53. The van der Waals surface area contributed by atoms with Crippen LogP contribution in [-0.4, -0.2) is 24.8 Å². The molecule has 0 saturated heterocycles. The Balaban J connectivity index is 1.97. The van der Waals surface area contributed by atoms with Crippen LogP contribution >= 0.6 is 0 Å². The third kappa shape index (κ3) is 2.99. The van der Waals surface area contributed by atoms with Gasteiger partial charge in [-0.1, -0.05) is 48.5 Å². The van der Waals surface area contributed by atoms with E-state index in [1.165, 1.54) is 0 Å². The number of para-hydroxylation sites is 1. The normalized spacial score (nSPS) is 22.8. The number of rotatable bonds is 3. The maximum Gasteiger partial charge on any atom is 0.338 e. The third-order valence-electron chi connectivity index (χ3n) is 5.42. The molecule has 4 heteroatoms. The van der Waals surface area contributed by atoms with E-state index in [0.29, 0.717) is 24.5 Å². The van der Waals surface area contributed by atoms with Gasteiger partial charge in [-0.05, 0) is 26.8 Å². The van der Waals surface area contributed by atoms with Crippen molar-refractivity contribution in [2.24, 2.45) is 5.92 Å². The number of carbonyl (C=O) groups is 1. The summed E-state index contributed by atoms with van der Waals surface area (Å²) in [5, 5.41) is 0. The average molecular weight is 364 g/mol. The van der Waals surface area contributed by atoms with E-state index < -0.39 is 5.60 Å². The lowest BCUT2D eigenvalue weighted by Crippen LogP contribution is -2.48. The molecule has 4 nitrogen and oxygen atoms in total. The molecule has 0 spiro atoms. The molecule has 140 valence electrons. The van der Waals surface area contributed by atoms with E-state index in [2.05, 4.69) is 13.8 Å². The molecule has 2 aromatic rings. The van der Waals surface area contributed by atoms with Gasteiger partial charge in [0.2, 0.25) is 0 Å². The van der Waals surface area contributed by atoms with Crippen LogP contribution in [0.3, 0.4) is 0 Å². The third-order valence-corrected chi connectivity index (χ3v) is 5.42. The Morgan fingerprint density at radius 2 is 1.81 bits per heavy atom. The van der Waals surface area contributed by atoms with Crippen molar-refractivity contribution in [1.82, 2.24) is 0 Å². The Labute approximate surface area is 159 Å². The van der Waals surface area contributed by atoms with Crippen molar-refractivity contribution in [2.75, 3.05) is 13.2 Å². The van der Waals surface area contributed by atoms with Gasteiger partial charge in [-0.15, -0.1) is 0 Å². The predicted molar refractivity (Wildman–Crippen MR) is 103 cm³/mol. The van der Waals surface area contributed by atoms with Gasteiger partial charge in [0.25, 0.3) is 0 Å². The highest BCUT2D eigenvalue weighted by atomic mass is 16.5. The molecule has 0 aliphatic carbocycles. The van der Waals surface area contributed by atoms with Crippen LogP contribution in [0.4, 0.5) is 0 Å². The molecule has 2 aliphatic heterocycles. The Morgan fingerprint density at radius 1 is 1.11 bits per heavy atom. The van der Waals surface area contributed by atoms with Crippen molar-refractivity contribution in [3.8, 4) is 5.75 Å². The van der Waals surface area contributed by atoms with E-state index in [4.69, 9.17) is 14.2 Å². The van der Waals surface area contributed by atoms with Crippen molar-refractivity contribution >= 4 is 11.7 Å². The molecular formula is C23H24O4. The molecule has 0 saturated carbocycles. The van der Waals surface area contributed by atoms with Gasteiger partial charge in [0.1, 0.15) is 17.1 Å². The van der Waals surface area contributed by atoms with E-state index in [0.717, 1.165) is 16.9 Å². The van der Waals surface area contributed by atoms with E-state index in [9.17, 15) is 4.79 Å². The second kappa shape index (κ2) is 6.76. The number of esters is 1. The zero-order chi connectivity index (χ0) is 19.0. The van der Waals surface area contributed by atoms with Crippen LogP contribution in [0.15, 0.2) is 60.2 Å². The highest BCUT2D eigenvalue weighted by molar-refractivity contribution is 5.98. The average Bonchev–Trinajstić information content (AvgIpc) is 2.68. The number of fused-ring (bicyclic) bond motifs is 3. The lowest BCUT2D eigenvalue weighted by Gasteiger charge is -2.47. The molecule has 0 unspecified atom stereocenters. The first-order valence-corrected chi connectivity index (χ1v) is 9.40. The number of ether oxygens (including phenoxy) is 3. The smallest absolute Gasteiger partial charge is 0.338 e. The molecule has 0 N–H and O–H groups in total. The first-order valence-electron chi connectivity index (χ1n) is 9.40. The van der Waals surface area contributed by atoms with Gasteiger partial charge in [0.05, 0.1) is 18.8 Å². The first kappa shape index (κ1) is 17.7. The molecule has 4 rings (SSSR count). The lowest BCUT2D eigenvalue weighted by atomic mass is 9.69. The number of hydrogen-bond donors (Lipinski definition) is 0. The van der Waals surface area contributed by atoms with Crippen molar-refractivity contribution in [3.05, 3.63) is 71.3 Å². The second-order valence-corrected chi connectivity index (χ2v) is 7.47. The number of benzene rings is 2. The van der Waals surface area contributed by atoms with E-state index in [-0.39, 0.29) is 17.8 Å². The summed E-state index contributed by atoms with van der Waals surface area (Å²) in [7, 11) is 0. The van der Waals surface area contributed by atoms with Gasteiger partial charge in [0, 0.05) is 23.0 Å². The van der Waals surface area contributed by atoms with E-state index >= 15 is 0 Å². The van der Waals surface area contributed by atoms with E-state index in [1.807, 2.05) is 61.5 Å². The largest absolute Gasteiger partial charge is 0.493 e. The van der Waals surface area contributed by atoms with Crippen LogP contribution in [0.2, 0.25) is 0 Å². The zero-order valence-electron chi connectivity index (χ0n) is 15.9. The number of hydrogen-bond acceptors (Lipinski definition) is 4. The summed E-state index contributed by atoms with van der Waals surface area (Å²) in [4.78, 5) is 13.1. The summed E-state index contributed by atoms with van der Waals surface area (Å²) in [5.74, 6) is 0.994. The fraction of sp³-hybridized carbons (Fsp3) is 0.348. The number of carbonyl (C=O) groups excluding carboxylic acids is 1. The molecule has 2 atom stereocenters. The Hall–Kier alpha value is -2.75. The molecule has 0 bridgehead atoms. The fourth-order valence-electron chi connectivity index (χ4n) is 4.09. The SMILES string of the molecule is CCOC(=O)C1=C(c2ccccc2)OC(C)(C)[C@@H]2COc3ccccc3[C@@H]12. The molecule has 27 heavy (non-hydrogen) atoms. The van der Waals surface area contributed by atoms with Crippen LogP contribution in [0.1, 0.15) is 37.8 Å². The molecule has 2 heterocycles. The van der Waals surface area contributed by atoms with Crippen molar-refractivity contribution in [3.63, 3.8) is 0 Å². The minimum atomic E-state index is -0.487. The topological polar surface area (TPSA) is 44.8 Å². The highest BCUT2D eigenvalue weighted by Gasteiger charge is 2.51. The summed E-state index contributed by atoms with van der Waals surface area (Å²) in [6, 6.07) is 17.7. The molecule has 2 aromatic carbocycles. The van der Waals surface area contributed by atoms with Gasteiger partial charge < -0.3 is 14.2 Å². The molecule has 0 aromatic heterocycles. The standard InChI is InChI=1S/C23H24O4/c1-4-25-22(24)20-19-16-12-8-9-13-18(16)26-14-17(19)23(2,3)27-21(20)15-10-6-5-7-11-15/h5-13,17,19H,4,14H2,1-3H3/t17-,19-/m1/s1. The predicted octanol–water partition coefficient (Wildman–Crippen LogP) is 4.56. The molecule has 0 fully saturated rings. The molecule has 2 aliphatic rings. The van der Waals surface area contributed by atoms with Crippen LogP contribution in [0.25, 0.3) is 5.76 Å². The van der Waals surface area contributed by atoms with Gasteiger partial charge in [-0.3, -0.25) is 0 Å². The molecule has 0 radical (unpaired) electrons. The van der Waals surface area contributed by atoms with Crippen LogP contribution < -0.4 is 4.74 Å². The van der Waals surface area contributed by atoms with Gasteiger partial charge in [0.15, 0.2) is 0 Å². The van der Waals surface area contributed by atoms with Gasteiger partial charge in [-0.2, -0.15) is 0 Å². The minimum absolute atomic E-state index is 0.0132. The Bertz CT molecular complexity index is 882. The summed E-state index contributed by atoms with van der Waals surface area (Å²) in [6.07, 6.45) is 0. The summed E-state index contributed by atoms with van der Waals surface area (Å²) < 4.78 is 17.9. The van der Waals surface area contributed by atoms with E-state index in [1.54, 1.807) is 0 Å². The maximum atomic E-state index is 13.1. The van der Waals surface area contributed by atoms with Crippen LogP contribution in [-0.2, 0) is 14.3 Å². The fourth-order valence-corrected chi connectivity index (χ4v) is 4.09. The molecular weight excluding hydrogens is 340 g/mol. The maximum absolute atomic E-state index is 13.1. The van der Waals surface area contributed by atoms with Gasteiger partial charge >= 0.3 is 5.97 Å². The second-order valence-electron chi connectivity index (χ2n) is 7.47. The quantitative estimate of drug-likeness (QED) is 0.749. The summed E-state index contributed by atoms with van der Waals surface area (Å²) in [5.41, 5.74) is 2.00. The monoisotopic (exact) mass is 364 g/mol. The van der Waals surface area contributed by atoms with Gasteiger partial charge in [-0.25, -0.2) is 4.79 Å². The first-order chi connectivity index (χ1) is 13.0. The lowest BCUT2D eigenvalue weighted by molar-refractivity contribution is -0.140. The van der Waals surface area contributed by atoms with Crippen molar-refractivity contribution < 1.29 is 19.0 Å². The van der Waals surface area contributed by atoms with Crippen LogP contribution in [0.5, 0.6) is 5.75 Å². The molecule has 0 amide bonds. The Kier molecular flexibility index (Phi) is 4.42. The minimum Gasteiger partial charge on any atom is -0.493 e. The van der Waals surface area contributed by atoms with Crippen molar-refractivity contribution in [2.45, 2.75) is 32.3 Å². The van der Waals surface area contributed by atoms with Crippen LogP contribution in [0, 0.1) is 5.92 Å². The summed E-state index contributed by atoms with van der Waals surface area (Å²) in [6.45, 7) is 6.77. The zero-order valence-corrected chi connectivity index (χ0v) is 15.9. The van der Waals surface area contributed by atoms with Crippen molar-refractivity contribution in [1.29, 1.82) is 0 Å². The Morgan fingerprint density at radius 3 is 2.56 bits per heavy atom. The summed E-state index contributed by atoms with van der Waals surface area (Å²) >= 11 is 0.